The number of benzene rings is 1. The number of rotatable bonds is 5. The second kappa shape index (κ2) is 9.24. The van der Waals surface area contributed by atoms with Gasteiger partial charge in [0.1, 0.15) is 12.4 Å². The molecule has 6 nitrogen and oxygen atoms in total. The van der Waals surface area contributed by atoms with Crippen molar-refractivity contribution in [2.24, 2.45) is 5.73 Å². The number of piperidine rings is 1. The fourth-order valence-corrected chi connectivity index (χ4v) is 4.01. The van der Waals surface area contributed by atoms with E-state index in [0.29, 0.717) is 52.1 Å². The molecule has 7 heteroatoms. The number of halogens is 1. The van der Waals surface area contributed by atoms with E-state index in [0.717, 1.165) is 24.2 Å². The van der Waals surface area contributed by atoms with E-state index in [4.69, 9.17) is 15.2 Å². The summed E-state index contributed by atoms with van der Waals surface area (Å²) in [5.41, 5.74) is 5.48. The van der Waals surface area contributed by atoms with Crippen molar-refractivity contribution in [3.63, 3.8) is 0 Å². The van der Waals surface area contributed by atoms with Crippen LogP contribution in [0.2, 0.25) is 0 Å². The van der Waals surface area contributed by atoms with Crippen LogP contribution < -0.4 is 10.5 Å². The molecule has 27 heavy (non-hydrogen) atoms. The van der Waals surface area contributed by atoms with Crippen molar-refractivity contribution in [1.82, 2.24) is 4.90 Å². The molecule has 0 aromatic heterocycles. The first kappa shape index (κ1) is 22.0. The molecular formula is C20H31ClN2O4. The Hall–Kier alpha value is -1.34. The lowest BCUT2D eigenvalue weighted by Gasteiger charge is -2.48. The predicted molar refractivity (Wildman–Crippen MR) is 106 cm³/mol. The molecule has 0 radical (unpaired) electrons. The molecule has 0 bridgehead atoms. The van der Waals surface area contributed by atoms with Crippen molar-refractivity contribution in [3.8, 4) is 5.75 Å². The Balaban J connectivity index is 0.00000261. The van der Waals surface area contributed by atoms with Crippen molar-refractivity contribution < 1.29 is 19.4 Å². The van der Waals surface area contributed by atoms with Crippen molar-refractivity contribution >= 4 is 18.3 Å². The van der Waals surface area contributed by atoms with E-state index >= 15 is 0 Å². The molecule has 2 fully saturated rings. The minimum Gasteiger partial charge on any atom is -0.492 e. The van der Waals surface area contributed by atoms with E-state index in [9.17, 15) is 9.90 Å². The minimum absolute atomic E-state index is 0. The van der Waals surface area contributed by atoms with Crippen LogP contribution in [0.1, 0.15) is 38.2 Å². The molecule has 1 unspecified atom stereocenters. The first-order chi connectivity index (χ1) is 12.4. The molecule has 1 amide bonds. The maximum atomic E-state index is 12.7. The Morgan fingerprint density at radius 3 is 2.74 bits per heavy atom. The van der Waals surface area contributed by atoms with Crippen LogP contribution in [-0.2, 0) is 16.0 Å². The maximum Gasteiger partial charge on any atom is 0.226 e. The van der Waals surface area contributed by atoms with E-state index < -0.39 is 5.60 Å². The molecule has 3 rings (SSSR count). The summed E-state index contributed by atoms with van der Waals surface area (Å²) >= 11 is 0. The third-order valence-electron chi connectivity index (χ3n) is 5.42. The molecule has 1 aromatic carbocycles. The fourth-order valence-electron chi connectivity index (χ4n) is 4.01. The van der Waals surface area contributed by atoms with Gasteiger partial charge < -0.3 is 25.2 Å². The van der Waals surface area contributed by atoms with E-state index in [1.54, 1.807) is 0 Å². The highest BCUT2D eigenvalue weighted by atomic mass is 35.5. The quantitative estimate of drug-likeness (QED) is 0.791. The lowest BCUT2D eigenvalue weighted by Crippen LogP contribution is -2.54. The van der Waals surface area contributed by atoms with Crippen LogP contribution in [-0.4, -0.2) is 60.0 Å². The van der Waals surface area contributed by atoms with E-state index in [1.807, 2.05) is 36.1 Å². The number of carbonyl (C=O) groups is 1. The number of carbonyl (C=O) groups excluding carboxylic acids is 1. The van der Waals surface area contributed by atoms with Gasteiger partial charge in [0.25, 0.3) is 0 Å². The molecule has 0 saturated carbocycles. The van der Waals surface area contributed by atoms with Crippen LogP contribution >= 0.6 is 12.4 Å². The van der Waals surface area contributed by atoms with Crippen LogP contribution in [0.15, 0.2) is 24.3 Å². The predicted octanol–water partition coefficient (Wildman–Crippen LogP) is 1.91. The Morgan fingerprint density at radius 1 is 1.33 bits per heavy atom. The zero-order valence-electron chi connectivity index (χ0n) is 16.0. The molecular weight excluding hydrogens is 368 g/mol. The lowest BCUT2D eigenvalue weighted by molar-refractivity contribution is -0.175. The first-order valence-electron chi connectivity index (χ1n) is 9.47. The smallest absolute Gasteiger partial charge is 0.226 e. The number of amides is 1. The van der Waals surface area contributed by atoms with Crippen LogP contribution in [0.4, 0.5) is 0 Å². The Labute approximate surface area is 167 Å². The summed E-state index contributed by atoms with van der Waals surface area (Å²) < 4.78 is 11.5. The summed E-state index contributed by atoms with van der Waals surface area (Å²) in [4.78, 5) is 14.6. The van der Waals surface area contributed by atoms with Crippen molar-refractivity contribution in [3.05, 3.63) is 29.8 Å². The number of ether oxygens (including phenoxy) is 2. The van der Waals surface area contributed by atoms with Gasteiger partial charge in [0, 0.05) is 26.1 Å². The van der Waals surface area contributed by atoms with E-state index in [1.165, 1.54) is 0 Å². The molecule has 0 aliphatic carbocycles. The number of nitrogens with zero attached hydrogens (tertiary/aromatic N) is 1. The largest absolute Gasteiger partial charge is 0.492 e. The lowest BCUT2D eigenvalue weighted by atomic mass is 9.78. The van der Waals surface area contributed by atoms with Gasteiger partial charge in [-0.05, 0) is 43.9 Å². The van der Waals surface area contributed by atoms with Gasteiger partial charge in [-0.2, -0.15) is 0 Å². The number of nitrogens with two attached hydrogens (primary N) is 1. The summed E-state index contributed by atoms with van der Waals surface area (Å²) in [6.07, 6.45) is 3.27. The van der Waals surface area contributed by atoms with Crippen molar-refractivity contribution in [1.29, 1.82) is 0 Å². The Kier molecular flexibility index (Phi) is 7.51. The average Bonchev–Trinajstić information content (AvgIpc) is 2.60. The summed E-state index contributed by atoms with van der Waals surface area (Å²) in [6.45, 7) is 4.77. The van der Waals surface area contributed by atoms with Gasteiger partial charge in [0.15, 0.2) is 0 Å². The van der Waals surface area contributed by atoms with Gasteiger partial charge in [-0.1, -0.05) is 12.1 Å². The SMILES string of the molecule is CC1(O)CCOC2(CCN(C(=O)Cc3cccc(OCCN)c3)CC2)C1.Cl. The first-order valence-corrected chi connectivity index (χ1v) is 9.47. The van der Waals surface area contributed by atoms with Crippen LogP contribution in [0.5, 0.6) is 5.75 Å². The van der Waals surface area contributed by atoms with Gasteiger partial charge in [0.05, 0.1) is 24.2 Å². The molecule has 2 aliphatic heterocycles. The topological polar surface area (TPSA) is 85.0 Å². The average molecular weight is 399 g/mol. The summed E-state index contributed by atoms with van der Waals surface area (Å²) in [5, 5.41) is 10.4. The highest BCUT2D eigenvalue weighted by molar-refractivity contribution is 5.85. The van der Waals surface area contributed by atoms with E-state index in [-0.39, 0.29) is 23.9 Å². The number of hydrogen-bond donors (Lipinski definition) is 2. The number of likely N-dealkylation sites (tertiary alicyclic amines) is 1. The third-order valence-corrected chi connectivity index (χ3v) is 5.42. The van der Waals surface area contributed by atoms with Gasteiger partial charge in [-0.15, -0.1) is 12.4 Å². The van der Waals surface area contributed by atoms with Gasteiger partial charge >= 0.3 is 0 Å². The molecule has 1 spiro atoms. The monoisotopic (exact) mass is 398 g/mol. The number of hydrogen-bond acceptors (Lipinski definition) is 5. The molecule has 2 aliphatic rings. The van der Waals surface area contributed by atoms with Crippen LogP contribution in [0.3, 0.4) is 0 Å². The highest BCUT2D eigenvalue weighted by Crippen LogP contribution is 2.39. The molecule has 2 saturated heterocycles. The van der Waals surface area contributed by atoms with Crippen molar-refractivity contribution in [2.45, 2.75) is 50.2 Å². The van der Waals surface area contributed by atoms with Crippen molar-refractivity contribution in [2.75, 3.05) is 32.8 Å². The summed E-state index contributed by atoms with van der Waals surface area (Å²) in [5.74, 6) is 0.870. The normalized spacial score (nSPS) is 24.3. The summed E-state index contributed by atoms with van der Waals surface area (Å²) in [6, 6.07) is 7.62. The third kappa shape index (κ3) is 5.82. The Morgan fingerprint density at radius 2 is 2.07 bits per heavy atom. The standard InChI is InChI=1S/C20H30N2O4.ClH/c1-19(24)7-11-26-20(15-19)5-9-22(10-6-20)18(23)14-16-3-2-4-17(13-16)25-12-8-21;/h2-4,13,24H,5-12,14-15,21H2,1H3;1H. The molecule has 152 valence electrons. The van der Waals surface area contributed by atoms with Gasteiger partial charge in [0.2, 0.25) is 5.91 Å². The van der Waals surface area contributed by atoms with Gasteiger partial charge in [-0.3, -0.25) is 4.79 Å². The highest BCUT2D eigenvalue weighted by Gasteiger charge is 2.44. The van der Waals surface area contributed by atoms with Crippen LogP contribution in [0.25, 0.3) is 0 Å². The second-order valence-corrected chi connectivity index (χ2v) is 7.80. The van der Waals surface area contributed by atoms with Gasteiger partial charge in [-0.25, -0.2) is 0 Å². The maximum absolute atomic E-state index is 12.7. The molecule has 3 N–H and O–H groups in total. The van der Waals surface area contributed by atoms with Crippen LogP contribution in [0, 0.1) is 0 Å². The second-order valence-electron chi connectivity index (χ2n) is 7.80. The fraction of sp³-hybridized carbons (Fsp3) is 0.650. The van der Waals surface area contributed by atoms with E-state index in [2.05, 4.69) is 0 Å². The molecule has 1 aromatic rings. The zero-order valence-corrected chi connectivity index (χ0v) is 16.8. The molecule has 2 heterocycles. The summed E-state index contributed by atoms with van der Waals surface area (Å²) in [7, 11) is 0. The molecule has 1 atom stereocenters. The minimum atomic E-state index is -0.658. The zero-order chi connectivity index (χ0) is 18.6. The number of aliphatic hydroxyl groups is 1. The Bertz CT molecular complexity index is 630.